The van der Waals surface area contributed by atoms with Crippen LogP contribution < -0.4 is 4.72 Å². The summed E-state index contributed by atoms with van der Waals surface area (Å²) in [7, 11) is -3.48. The van der Waals surface area contributed by atoms with Crippen LogP contribution in [0.4, 0.5) is 4.79 Å². The molecule has 8 heteroatoms. The van der Waals surface area contributed by atoms with Crippen LogP contribution in [0.2, 0.25) is 0 Å². The van der Waals surface area contributed by atoms with Gasteiger partial charge in [0.05, 0.1) is 23.6 Å². The lowest BCUT2D eigenvalue weighted by Crippen LogP contribution is -2.58. The third kappa shape index (κ3) is 7.27. The molecule has 1 aliphatic heterocycles. The van der Waals surface area contributed by atoms with Crippen molar-refractivity contribution in [2.45, 2.75) is 65.1 Å². The summed E-state index contributed by atoms with van der Waals surface area (Å²) in [6.07, 6.45) is 1.13. The molecule has 3 rings (SSSR count). The molecule has 1 N–H and O–H groups in total. The Balaban J connectivity index is 1.89. The minimum absolute atomic E-state index is 0.00997. The lowest BCUT2D eigenvalue weighted by atomic mass is 9.93. The van der Waals surface area contributed by atoms with Gasteiger partial charge in [-0.25, -0.2) is 17.9 Å². The summed E-state index contributed by atoms with van der Waals surface area (Å²) in [5.41, 5.74) is 2.66. The molecule has 2 heterocycles. The molecule has 1 aromatic carbocycles. The number of amides is 1. The van der Waals surface area contributed by atoms with Gasteiger partial charge in [-0.2, -0.15) is 0 Å². The van der Waals surface area contributed by atoms with Crippen LogP contribution in [0.5, 0.6) is 0 Å². The number of ether oxygens (including phenoxy) is 1. The number of piperidine rings is 1. The SMILES string of the molecule is CC(C)CS(=O)(=O)N[C@H]1CCCN(C(=O)OC(C)C)[C@H]1Cc1cccc(-c2ccccc2)n1. The van der Waals surface area contributed by atoms with E-state index in [2.05, 4.69) is 4.72 Å². The van der Waals surface area contributed by atoms with E-state index < -0.39 is 22.2 Å². The van der Waals surface area contributed by atoms with Crippen LogP contribution in [-0.4, -0.2) is 54.9 Å². The lowest BCUT2D eigenvalue weighted by molar-refractivity contribution is 0.0459. The number of aromatic nitrogens is 1. The van der Waals surface area contributed by atoms with Crippen molar-refractivity contribution in [3.05, 3.63) is 54.2 Å². The number of benzene rings is 1. The van der Waals surface area contributed by atoms with Gasteiger partial charge in [0.25, 0.3) is 0 Å². The van der Waals surface area contributed by atoms with Crippen LogP contribution in [0.15, 0.2) is 48.5 Å². The highest BCUT2D eigenvalue weighted by Gasteiger charge is 2.38. The summed E-state index contributed by atoms with van der Waals surface area (Å²) >= 11 is 0. The van der Waals surface area contributed by atoms with Crippen LogP contribution >= 0.6 is 0 Å². The zero-order chi connectivity index (χ0) is 24.0. The zero-order valence-electron chi connectivity index (χ0n) is 19.9. The number of likely N-dealkylation sites (tertiary alicyclic amines) is 1. The maximum absolute atomic E-state index is 12.9. The molecule has 2 aromatic rings. The first kappa shape index (κ1) is 25.2. The Labute approximate surface area is 197 Å². The Bertz CT molecular complexity index is 1020. The Morgan fingerprint density at radius 2 is 1.85 bits per heavy atom. The van der Waals surface area contributed by atoms with E-state index in [1.807, 2.05) is 76.2 Å². The highest BCUT2D eigenvalue weighted by Crippen LogP contribution is 2.25. The third-order valence-electron chi connectivity index (χ3n) is 5.53. The summed E-state index contributed by atoms with van der Waals surface area (Å²) in [5.74, 6) is 0.0600. The summed E-state index contributed by atoms with van der Waals surface area (Å²) in [5, 5.41) is 0. The van der Waals surface area contributed by atoms with Crippen molar-refractivity contribution in [1.29, 1.82) is 0 Å². The average molecular weight is 474 g/mol. The molecule has 1 aromatic heterocycles. The van der Waals surface area contributed by atoms with Crippen LogP contribution in [0.25, 0.3) is 11.3 Å². The van der Waals surface area contributed by atoms with Crippen LogP contribution in [0.3, 0.4) is 0 Å². The monoisotopic (exact) mass is 473 g/mol. The maximum atomic E-state index is 12.9. The largest absolute Gasteiger partial charge is 0.447 e. The van der Waals surface area contributed by atoms with Crippen molar-refractivity contribution < 1.29 is 17.9 Å². The number of hydrogen-bond acceptors (Lipinski definition) is 5. The molecule has 0 unspecified atom stereocenters. The number of nitrogens with zero attached hydrogens (tertiary/aromatic N) is 2. The van der Waals surface area contributed by atoms with E-state index in [1.165, 1.54) is 0 Å². The molecule has 0 bridgehead atoms. The van der Waals surface area contributed by atoms with Gasteiger partial charge in [0.1, 0.15) is 0 Å². The Morgan fingerprint density at radius 3 is 2.52 bits per heavy atom. The molecular formula is C25H35N3O4S. The standard InChI is InChI=1S/C25H35N3O4S/c1-18(2)17-33(30,31)27-23-14-9-15-28(25(29)32-19(3)4)24(23)16-21-12-8-13-22(26-21)20-10-6-5-7-11-20/h5-8,10-13,18-19,23-24,27H,9,14-17H2,1-4H3/t23-,24-/m0/s1. The molecule has 1 saturated heterocycles. The fraction of sp³-hybridized carbons (Fsp3) is 0.520. The topological polar surface area (TPSA) is 88.6 Å². The highest BCUT2D eigenvalue weighted by molar-refractivity contribution is 7.89. The van der Waals surface area contributed by atoms with Gasteiger partial charge < -0.3 is 9.64 Å². The van der Waals surface area contributed by atoms with Crippen LogP contribution in [0.1, 0.15) is 46.2 Å². The number of carbonyl (C=O) groups excluding carboxylic acids is 1. The van der Waals surface area contributed by atoms with Gasteiger partial charge in [-0.3, -0.25) is 4.98 Å². The van der Waals surface area contributed by atoms with E-state index in [4.69, 9.17) is 9.72 Å². The van der Waals surface area contributed by atoms with Gasteiger partial charge in [0.15, 0.2) is 0 Å². The highest BCUT2D eigenvalue weighted by atomic mass is 32.2. The second-order valence-electron chi connectivity index (χ2n) is 9.32. The second-order valence-corrected chi connectivity index (χ2v) is 11.1. The van der Waals surface area contributed by atoms with E-state index in [9.17, 15) is 13.2 Å². The fourth-order valence-electron chi connectivity index (χ4n) is 4.24. The molecule has 2 atom stereocenters. The van der Waals surface area contributed by atoms with Gasteiger partial charge in [0.2, 0.25) is 10.0 Å². The summed E-state index contributed by atoms with van der Waals surface area (Å²) in [6, 6.07) is 14.9. The number of rotatable bonds is 8. The van der Waals surface area contributed by atoms with Crippen molar-refractivity contribution in [3.8, 4) is 11.3 Å². The number of carbonyl (C=O) groups is 1. The van der Waals surface area contributed by atoms with Gasteiger partial charge in [-0.1, -0.05) is 50.2 Å². The molecule has 0 saturated carbocycles. The van der Waals surface area contributed by atoms with Crippen LogP contribution in [-0.2, 0) is 21.2 Å². The number of nitrogens with one attached hydrogen (secondary N) is 1. The Hall–Kier alpha value is -2.45. The van der Waals surface area contributed by atoms with Gasteiger partial charge >= 0.3 is 6.09 Å². The maximum Gasteiger partial charge on any atom is 0.410 e. The van der Waals surface area contributed by atoms with E-state index in [0.717, 1.165) is 17.0 Å². The van der Waals surface area contributed by atoms with Crippen molar-refractivity contribution in [2.75, 3.05) is 12.3 Å². The number of hydrogen-bond donors (Lipinski definition) is 1. The molecule has 1 fully saturated rings. The fourth-order valence-corrected chi connectivity index (χ4v) is 5.95. The van der Waals surface area contributed by atoms with Crippen LogP contribution in [0, 0.1) is 5.92 Å². The van der Waals surface area contributed by atoms with E-state index in [1.54, 1.807) is 4.90 Å². The van der Waals surface area contributed by atoms with Gasteiger partial charge in [-0.05, 0) is 44.7 Å². The van der Waals surface area contributed by atoms with Gasteiger partial charge in [0, 0.05) is 30.3 Å². The quantitative estimate of drug-likeness (QED) is 0.619. The minimum Gasteiger partial charge on any atom is -0.447 e. The molecule has 180 valence electrons. The van der Waals surface area contributed by atoms with E-state index in [0.29, 0.717) is 25.8 Å². The van der Waals surface area contributed by atoms with E-state index >= 15 is 0 Å². The smallest absolute Gasteiger partial charge is 0.410 e. The first-order valence-electron chi connectivity index (χ1n) is 11.6. The minimum atomic E-state index is -3.48. The molecule has 1 aliphatic rings. The normalized spacial score (nSPS) is 19.2. The first-order chi connectivity index (χ1) is 15.6. The van der Waals surface area contributed by atoms with E-state index in [-0.39, 0.29) is 23.8 Å². The molecule has 0 radical (unpaired) electrons. The van der Waals surface area contributed by atoms with Crippen molar-refractivity contribution in [3.63, 3.8) is 0 Å². The third-order valence-corrected chi connectivity index (χ3v) is 7.30. The molecule has 33 heavy (non-hydrogen) atoms. The Morgan fingerprint density at radius 1 is 1.12 bits per heavy atom. The first-order valence-corrected chi connectivity index (χ1v) is 13.3. The zero-order valence-corrected chi connectivity index (χ0v) is 20.7. The predicted molar refractivity (Wildman–Crippen MR) is 130 cm³/mol. The molecular weight excluding hydrogens is 438 g/mol. The van der Waals surface area contributed by atoms with Crippen molar-refractivity contribution in [1.82, 2.24) is 14.6 Å². The average Bonchev–Trinajstić information content (AvgIpc) is 2.74. The Kier molecular flexibility index (Phi) is 8.48. The number of pyridine rings is 1. The van der Waals surface area contributed by atoms with Crippen molar-refractivity contribution >= 4 is 16.1 Å². The molecule has 0 spiro atoms. The summed E-state index contributed by atoms with van der Waals surface area (Å²) in [6.45, 7) is 7.90. The molecule has 7 nitrogen and oxygen atoms in total. The summed E-state index contributed by atoms with van der Waals surface area (Å²) in [4.78, 5) is 19.4. The van der Waals surface area contributed by atoms with Crippen molar-refractivity contribution in [2.24, 2.45) is 5.92 Å². The second kappa shape index (κ2) is 11.1. The lowest BCUT2D eigenvalue weighted by Gasteiger charge is -2.41. The number of sulfonamides is 1. The molecule has 0 aliphatic carbocycles. The summed E-state index contributed by atoms with van der Waals surface area (Å²) < 4.78 is 33.8. The molecule has 1 amide bonds. The van der Waals surface area contributed by atoms with Gasteiger partial charge in [-0.15, -0.1) is 0 Å². The predicted octanol–water partition coefficient (Wildman–Crippen LogP) is 4.24.